The van der Waals surface area contributed by atoms with Crippen molar-refractivity contribution in [2.45, 2.75) is 31.8 Å². The van der Waals surface area contributed by atoms with Gasteiger partial charge in [-0.2, -0.15) is 0 Å². The van der Waals surface area contributed by atoms with E-state index in [9.17, 15) is 0 Å². The number of imidazole rings is 1. The second-order valence-corrected chi connectivity index (χ2v) is 3.68. The zero-order valence-corrected chi connectivity index (χ0v) is 7.95. The molecule has 1 saturated carbocycles. The van der Waals surface area contributed by atoms with Crippen molar-refractivity contribution in [2.24, 2.45) is 7.05 Å². The third kappa shape index (κ3) is 1.67. The van der Waals surface area contributed by atoms with Crippen LogP contribution in [0.25, 0.3) is 0 Å². The van der Waals surface area contributed by atoms with Crippen LogP contribution in [0.4, 0.5) is 5.95 Å². The zero-order valence-electron chi connectivity index (χ0n) is 7.95. The van der Waals surface area contributed by atoms with Crippen LogP contribution in [-0.4, -0.2) is 15.6 Å². The maximum Gasteiger partial charge on any atom is 0.200 e. The molecule has 0 unspecified atom stereocenters. The lowest BCUT2D eigenvalue weighted by atomic mass is 9.93. The zero-order chi connectivity index (χ0) is 9.26. The third-order valence-corrected chi connectivity index (χ3v) is 2.80. The van der Waals surface area contributed by atoms with Gasteiger partial charge in [0.15, 0.2) is 5.95 Å². The van der Waals surface area contributed by atoms with Crippen molar-refractivity contribution in [3.8, 4) is 0 Å². The fourth-order valence-corrected chi connectivity index (χ4v) is 1.49. The number of nitrogens with zero attached hydrogens (tertiary/aromatic N) is 2. The highest BCUT2D eigenvalue weighted by Gasteiger charge is 2.16. The number of nitrogens with two attached hydrogens (primary N) is 1. The molecule has 0 bridgehead atoms. The quantitative estimate of drug-likeness (QED) is 0.718. The summed E-state index contributed by atoms with van der Waals surface area (Å²) in [5.74, 6) is 0.588. The predicted octanol–water partition coefficient (Wildman–Crippen LogP) is 0.644. The van der Waals surface area contributed by atoms with Gasteiger partial charge in [-0.1, -0.05) is 6.42 Å². The van der Waals surface area contributed by atoms with Gasteiger partial charge in [-0.3, -0.25) is 0 Å². The second kappa shape index (κ2) is 3.38. The summed E-state index contributed by atoms with van der Waals surface area (Å²) >= 11 is 0. The Balaban J connectivity index is 1.89. The van der Waals surface area contributed by atoms with E-state index in [4.69, 9.17) is 5.73 Å². The van der Waals surface area contributed by atoms with E-state index >= 15 is 0 Å². The average molecular weight is 180 g/mol. The lowest BCUT2D eigenvalue weighted by molar-refractivity contribution is 0.335. The summed E-state index contributed by atoms with van der Waals surface area (Å²) in [5, 5.41) is 3.47. The van der Waals surface area contributed by atoms with Crippen molar-refractivity contribution < 1.29 is 0 Å². The van der Waals surface area contributed by atoms with Gasteiger partial charge in [0.05, 0.1) is 11.9 Å². The van der Waals surface area contributed by atoms with Crippen molar-refractivity contribution in [3.63, 3.8) is 0 Å². The minimum absolute atomic E-state index is 0.588. The average Bonchev–Trinajstić information content (AvgIpc) is 2.33. The van der Waals surface area contributed by atoms with E-state index in [0.29, 0.717) is 5.95 Å². The lowest BCUT2D eigenvalue weighted by Crippen LogP contribution is -2.34. The lowest BCUT2D eigenvalue weighted by Gasteiger charge is -2.26. The summed E-state index contributed by atoms with van der Waals surface area (Å²) in [6, 6.07) is 0.719. The molecule has 0 amide bonds. The minimum atomic E-state index is 0.588. The van der Waals surface area contributed by atoms with E-state index in [1.165, 1.54) is 19.3 Å². The molecule has 13 heavy (non-hydrogen) atoms. The topological polar surface area (TPSA) is 55.9 Å². The SMILES string of the molecule is Cn1c(CNC2CCC2)cnc1N. The molecule has 1 aromatic rings. The highest BCUT2D eigenvalue weighted by molar-refractivity contribution is 5.21. The number of hydrogen-bond acceptors (Lipinski definition) is 3. The molecular weight excluding hydrogens is 164 g/mol. The van der Waals surface area contributed by atoms with Gasteiger partial charge in [0.25, 0.3) is 0 Å². The molecule has 1 aromatic heterocycles. The smallest absolute Gasteiger partial charge is 0.200 e. The number of aromatic nitrogens is 2. The highest BCUT2D eigenvalue weighted by atomic mass is 15.1. The molecule has 4 nitrogen and oxygen atoms in total. The molecule has 1 fully saturated rings. The number of anilines is 1. The summed E-state index contributed by atoms with van der Waals surface area (Å²) in [4.78, 5) is 4.04. The van der Waals surface area contributed by atoms with Crippen LogP contribution in [0.3, 0.4) is 0 Å². The van der Waals surface area contributed by atoms with Gasteiger partial charge in [0.1, 0.15) is 0 Å². The van der Waals surface area contributed by atoms with Crippen LogP contribution < -0.4 is 11.1 Å². The maximum absolute atomic E-state index is 5.62. The normalized spacial score (nSPS) is 17.3. The summed E-state index contributed by atoms with van der Waals surface area (Å²) in [5.41, 5.74) is 6.77. The van der Waals surface area contributed by atoms with Crippen LogP contribution in [0.1, 0.15) is 25.0 Å². The van der Waals surface area contributed by atoms with Crippen LogP contribution >= 0.6 is 0 Å². The Kier molecular flexibility index (Phi) is 2.22. The molecule has 0 saturated heterocycles. The summed E-state index contributed by atoms with van der Waals surface area (Å²) in [6.45, 7) is 0.880. The van der Waals surface area contributed by atoms with Crippen LogP contribution in [0.2, 0.25) is 0 Å². The monoisotopic (exact) mass is 180 g/mol. The van der Waals surface area contributed by atoms with Gasteiger partial charge in [-0.05, 0) is 12.8 Å². The van der Waals surface area contributed by atoms with Crippen LogP contribution in [0, 0.1) is 0 Å². The largest absolute Gasteiger partial charge is 0.369 e. The number of hydrogen-bond donors (Lipinski definition) is 2. The predicted molar refractivity (Wildman–Crippen MR) is 52.1 cm³/mol. The fraction of sp³-hybridized carbons (Fsp3) is 0.667. The van der Waals surface area contributed by atoms with E-state index in [-0.39, 0.29) is 0 Å². The Labute approximate surface area is 78.1 Å². The van der Waals surface area contributed by atoms with Gasteiger partial charge in [-0.15, -0.1) is 0 Å². The van der Waals surface area contributed by atoms with Crippen LogP contribution in [0.5, 0.6) is 0 Å². The van der Waals surface area contributed by atoms with Gasteiger partial charge in [-0.25, -0.2) is 4.98 Å². The van der Waals surface area contributed by atoms with Gasteiger partial charge in [0.2, 0.25) is 0 Å². The first-order chi connectivity index (χ1) is 6.27. The first-order valence-electron chi connectivity index (χ1n) is 4.77. The molecular formula is C9H16N4. The molecule has 72 valence electrons. The summed E-state index contributed by atoms with van der Waals surface area (Å²) < 4.78 is 1.92. The number of nitrogen functional groups attached to an aromatic ring is 1. The Morgan fingerprint density at radius 2 is 2.46 bits per heavy atom. The van der Waals surface area contributed by atoms with Crippen LogP contribution in [-0.2, 0) is 13.6 Å². The van der Waals surface area contributed by atoms with Gasteiger partial charge in [0, 0.05) is 19.6 Å². The van der Waals surface area contributed by atoms with Crippen molar-refractivity contribution in [1.29, 1.82) is 0 Å². The van der Waals surface area contributed by atoms with E-state index in [1.807, 2.05) is 17.8 Å². The Morgan fingerprint density at radius 3 is 2.92 bits per heavy atom. The standard InChI is InChI=1S/C9H16N4/c1-13-8(6-12-9(13)10)5-11-7-3-2-4-7/h6-7,11H,2-5H2,1H3,(H2,10,12). The molecule has 4 heteroatoms. The number of rotatable bonds is 3. The molecule has 1 aliphatic rings. The highest BCUT2D eigenvalue weighted by Crippen LogP contribution is 2.18. The summed E-state index contributed by atoms with van der Waals surface area (Å²) in [6.07, 6.45) is 5.83. The molecule has 1 aliphatic carbocycles. The molecule has 0 aromatic carbocycles. The van der Waals surface area contributed by atoms with Gasteiger partial charge >= 0.3 is 0 Å². The fourth-order valence-electron chi connectivity index (χ4n) is 1.49. The molecule has 0 aliphatic heterocycles. The third-order valence-electron chi connectivity index (χ3n) is 2.80. The molecule has 2 rings (SSSR count). The second-order valence-electron chi connectivity index (χ2n) is 3.68. The van der Waals surface area contributed by atoms with E-state index in [0.717, 1.165) is 18.3 Å². The molecule has 0 atom stereocenters. The van der Waals surface area contributed by atoms with Crippen molar-refractivity contribution in [3.05, 3.63) is 11.9 Å². The van der Waals surface area contributed by atoms with Gasteiger partial charge < -0.3 is 15.6 Å². The molecule has 3 N–H and O–H groups in total. The first kappa shape index (κ1) is 8.56. The first-order valence-corrected chi connectivity index (χ1v) is 4.77. The Bertz CT molecular complexity index is 288. The van der Waals surface area contributed by atoms with Crippen LogP contribution in [0.15, 0.2) is 6.20 Å². The van der Waals surface area contributed by atoms with Crippen molar-refractivity contribution in [2.75, 3.05) is 5.73 Å². The Hall–Kier alpha value is -1.03. The molecule has 0 spiro atoms. The summed E-state index contributed by atoms with van der Waals surface area (Å²) in [7, 11) is 1.94. The molecule has 1 heterocycles. The Morgan fingerprint density at radius 1 is 1.69 bits per heavy atom. The van der Waals surface area contributed by atoms with E-state index < -0.39 is 0 Å². The van der Waals surface area contributed by atoms with E-state index in [2.05, 4.69) is 10.3 Å². The van der Waals surface area contributed by atoms with Crippen molar-refractivity contribution >= 4 is 5.95 Å². The van der Waals surface area contributed by atoms with E-state index in [1.54, 1.807) is 0 Å². The number of nitrogens with one attached hydrogen (secondary N) is 1. The van der Waals surface area contributed by atoms with Crippen molar-refractivity contribution in [1.82, 2.24) is 14.9 Å². The minimum Gasteiger partial charge on any atom is -0.369 e. The molecule has 0 radical (unpaired) electrons. The maximum atomic E-state index is 5.62.